The van der Waals surface area contributed by atoms with Gasteiger partial charge in [0.25, 0.3) is 0 Å². The largest absolute Gasteiger partial charge is 0.376 e. The predicted octanol–water partition coefficient (Wildman–Crippen LogP) is 4.26. The molecule has 1 aromatic heterocycles. The summed E-state index contributed by atoms with van der Waals surface area (Å²) in [5, 5.41) is 4.55. The van der Waals surface area contributed by atoms with Crippen LogP contribution in [0, 0.1) is 17.5 Å². The van der Waals surface area contributed by atoms with E-state index in [4.69, 9.17) is 0 Å². The van der Waals surface area contributed by atoms with Crippen molar-refractivity contribution in [1.82, 2.24) is 4.98 Å². The first-order valence-corrected chi connectivity index (χ1v) is 6.35. The van der Waals surface area contributed by atoms with Crippen molar-refractivity contribution in [3.63, 3.8) is 0 Å². The van der Waals surface area contributed by atoms with Crippen molar-refractivity contribution in [2.75, 3.05) is 5.32 Å². The van der Waals surface area contributed by atoms with Crippen LogP contribution in [-0.4, -0.2) is 4.98 Å². The summed E-state index contributed by atoms with van der Waals surface area (Å²) in [5.41, 5.74) is 0.459. The minimum atomic E-state index is -0.958. The minimum Gasteiger partial charge on any atom is -0.376 e. The highest BCUT2D eigenvalue weighted by Gasteiger charge is 2.11. The fourth-order valence-electron chi connectivity index (χ4n) is 2.21. The summed E-state index contributed by atoms with van der Waals surface area (Å²) >= 11 is 0. The van der Waals surface area contributed by atoms with Crippen LogP contribution in [0.15, 0.2) is 48.8 Å². The molecule has 3 rings (SSSR count). The SMILES string of the molecule is Fc1cc(F)c(NCc2cncc3ccccc23)c(F)c1. The average molecular weight is 288 g/mol. The Morgan fingerprint density at radius 3 is 2.43 bits per heavy atom. The number of fused-ring (bicyclic) bond motifs is 1. The number of aromatic nitrogens is 1. The normalized spacial score (nSPS) is 10.8. The molecule has 0 spiro atoms. The van der Waals surface area contributed by atoms with E-state index >= 15 is 0 Å². The van der Waals surface area contributed by atoms with Crippen LogP contribution in [0.25, 0.3) is 10.8 Å². The van der Waals surface area contributed by atoms with E-state index in [1.165, 1.54) is 0 Å². The number of benzene rings is 2. The summed E-state index contributed by atoms with van der Waals surface area (Å²) in [4.78, 5) is 4.10. The molecule has 0 aliphatic heterocycles. The Morgan fingerprint density at radius 1 is 0.952 bits per heavy atom. The number of hydrogen-bond acceptors (Lipinski definition) is 2. The Kier molecular flexibility index (Phi) is 3.48. The van der Waals surface area contributed by atoms with Crippen molar-refractivity contribution in [2.24, 2.45) is 0 Å². The highest BCUT2D eigenvalue weighted by molar-refractivity contribution is 5.84. The van der Waals surface area contributed by atoms with E-state index in [0.29, 0.717) is 12.1 Å². The predicted molar refractivity (Wildman–Crippen MR) is 75.4 cm³/mol. The fourth-order valence-corrected chi connectivity index (χ4v) is 2.21. The van der Waals surface area contributed by atoms with Gasteiger partial charge in [-0.1, -0.05) is 24.3 Å². The lowest BCUT2D eigenvalue weighted by atomic mass is 10.1. The Morgan fingerprint density at radius 2 is 1.67 bits per heavy atom. The zero-order valence-electron chi connectivity index (χ0n) is 10.9. The molecule has 1 heterocycles. The number of halogens is 3. The first-order valence-electron chi connectivity index (χ1n) is 6.35. The van der Waals surface area contributed by atoms with Gasteiger partial charge in [0.1, 0.15) is 11.5 Å². The standard InChI is InChI=1S/C16H11F3N2/c17-12-5-14(18)16(15(19)6-12)21-9-11-8-20-7-10-3-1-2-4-13(10)11/h1-8,21H,9H2. The van der Waals surface area contributed by atoms with Crippen LogP contribution in [0.4, 0.5) is 18.9 Å². The Labute approximate surface area is 119 Å². The van der Waals surface area contributed by atoms with Gasteiger partial charge in [-0.05, 0) is 10.9 Å². The number of anilines is 1. The van der Waals surface area contributed by atoms with Gasteiger partial charge in [0, 0.05) is 36.5 Å². The molecule has 21 heavy (non-hydrogen) atoms. The lowest BCUT2D eigenvalue weighted by molar-refractivity contribution is 0.547. The maximum atomic E-state index is 13.6. The maximum Gasteiger partial charge on any atom is 0.152 e. The van der Waals surface area contributed by atoms with Gasteiger partial charge in [-0.2, -0.15) is 0 Å². The lowest BCUT2D eigenvalue weighted by Crippen LogP contribution is -2.05. The third-order valence-electron chi connectivity index (χ3n) is 3.21. The van der Waals surface area contributed by atoms with E-state index in [0.717, 1.165) is 16.3 Å². The molecule has 0 saturated heterocycles. The zero-order chi connectivity index (χ0) is 14.8. The van der Waals surface area contributed by atoms with Crippen LogP contribution in [0.5, 0.6) is 0 Å². The number of hydrogen-bond donors (Lipinski definition) is 1. The molecule has 0 saturated carbocycles. The summed E-state index contributed by atoms with van der Waals surface area (Å²) in [5.74, 6) is -2.86. The number of pyridine rings is 1. The number of nitrogens with zero attached hydrogens (tertiary/aromatic N) is 1. The van der Waals surface area contributed by atoms with Gasteiger partial charge in [-0.3, -0.25) is 4.98 Å². The highest BCUT2D eigenvalue weighted by atomic mass is 19.1. The Bertz CT molecular complexity index is 774. The zero-order valence-corrected chi connectivity index (χ0v) is 10.9. The Balaban J connectivity index is 1.91. The quantitative estimate of drug-likeness (QED) is 0.778. The fraction of sp³-hybridized carbons (Fsp3) is 0.0625. The summed E-state index contributed by atoms with van der Waals surface area (Å²) in [7, 11) is 0. The summed E-state index contributed by atoms with van der Waals surface area (Å²) in [6.07, 6.45) is 3.35. The lowest BCUT2D eigenvalue weighted by Gasteiger charge is -2.10. The highest BCUT2D eigenvalue weighted by Crippen LogP contribution is 2.23. The van der Waals surface area contributed by atoms with Gasteiger partial charge in [0.05, 0.1) is 0 Å². The second kappa shape index (κ2) is 5.44. The van der Waals surface area contributed by atoms with Crippen molar-refractivity contribution < 1.29 is 13.2 Å². The van der Waals surface area contributed by atoms with Gasteiger partial charge in [0.15, 0.2) is 11.6 Å². The molecule has 3 aromatic rings. The molecular formula is C16H11F3N2. The third-order valence-corrected chi connectivity index (χ3v) is 3.21. The number of rotatable bonds is 3. The average Bonchev–Trinajstić information content (AvgIpc) is 2.46. The minimum absolute atomic E-state index is 0.188. The Hall–Kier alpha value is -2.56. The van der Waals surface area contributed by atoms with Crippen molar-refractivity contribution in [2.45, 2.75) is 6.54 Å². The van der Waals surface area contributed by atoms with E-state index in [9.17, 15) is 13.2 Å². The van der Waals surface area contributed by atoms with Gasteiger partial charge >= 0.3 is 0 Å². The van der Waals surface area contributed by atoms with Crippen LogP contribution >= 0.6 is 0 Å². The molecule has 0 aliphatic carbocycles. The van der Waals surface area contributed by atoms with Gasteiger partial charge in [-0.15, -0.1) is 0 Å². The van der Waals surface area contributed by atoms with Crippen LogP contribution < -0.4 is 5.32 Å². The second-order valence-corrected chi connectivity index (χ2v) is 4.62. The first-order chi connectivity index (χ1) is 10.1. The van der Waals surface area contributed by atoms with E-state index < -0.39 is 17.5 Å². The first kappa shape index (κ1) is 13.4. The van der Waals surface area contributed by atoms with E-state index in [2.05, 4.69) is 10.3 Å². The van der Waals surface area contributed by atoms with E-state index in [1.54, 1.807) is 12.4 Å². The smallest absolute Gasteiger partial charge is 0.152 e. The molecule has 0 amide bonds. The summed E-state index contributed by atoms with van der Waals surface area (Å²) in [6.45, 7) is 0.188. The monoisotopic (exact) mass is 288 g/mol. The molecule has 2 aromatic carbocycles. The molecule has 0 unspecified atom stereocenters. The van der Waals surface area contributed by atoms with Crippen molar-refractivity contribution >= 4 is 16.5 Å². The molecule has 2 nitrogen and oxygen atoms in total. The molecule has 106 valence electrons. The molecule has 0 radical (unpaired) electrons. The van der Waals surface area contributed by atoms with Crippen LogP contribution in [0.1, 0.15) is 5.56 Å². The molecule has 0 bridgehead atoms. The topological polar surface area (TPSA) is 24.9 Å². The number of nitrogens with one attached hydrogen (secondary N) is 1. The summed E-state index contributed by atoms with van der Waals surface area (Å²) < 4.78 is 40.0. The molecule has 0 aliphatic rings. The van der Waals surface area contributed by atoms with E-state index in [1.807, 2.05) is 24.3 Å². The second-order valence-electron chi connectivity index (χ2n) is 4.62. The maximum absolute atomic E-state index is 13.6. The molecule has 1 N–H and O–H groups in total. The van der Waals surface area contributed by atoms with Crippen LogP contribution in [-0.2, 0) is 6.54 Å². The molecular weight excluding hydrogens is 277 g/mol. The van der Waals surface area contributed by atoms with Crippen molar-refractivity contribution in [3.05, 3.63) is 71.8 Å². The molecule has 0 atom stereocenters. The van der Waals surface area contributed by atoms with Crippen molar-refractivity contribution in [3.8, 4) is 0 Å². The van der Waals surface area contributed by atoms with Gasteiger partial charge in [-0.25, -0.2) is 13.2 Å². The van der Waals surface area contributed by atoms with E-state index in [-0.39, 0.29) is 12.2 Å². The van der Waals surface area contributed by atoms with Crippen LogP contribution in [0.2, 0.25) is 0 Å². The molecule has 0 fully saturated rings. The van der Waals surface area contributed by atoms with Gasteiger partial charge < -0.3 is 5.32 Å². The van der Waals surface area contributed by atoms with Crippen LogP contribution in [0.3, 0.4) is 0 Å². The summed E-state index contributed by atoms with van der Waals surface area (Å²) in [6, 6.07) is 8.88. The van der Waals surface area contributed by atoms with Gasteiger partial charge in [0.2, 0.25) is 0 Å². The third kappa shape index (κ3) is 2.67. The molecule has 5 heteroatoms. The van der Waals surface area contributed by atoms with Crippen molar-refractivity contribution in [1.29, 1.82) is 0 Å².